The number of ether oxygens (including phenoxy) is 2. The van der Waals surface area contributed by atoms with Crippen LogP contribution in [0.3, 0.4) is 0 Å². The number of hydrogen-bond donors (Lipinski definition) is 0. The van der Waals surface area contributed by atoms with Gasteiger partial charge < -0.3 is 9.47 Å². The number of nitrogens with zero attached hydrogens (tertiary/aromatic N) is 2. The Balaban J connectivity index is 2.27. The highest BCUT2D eigenvalue weighted by Gasteiger charge is 2.57. The molecule has 98 valence electrons. The average Bonchev–Trinajstić information content (AvgIpc) is 2.96. The van der Waals surface area contributed by atoms with Gasteiger partial charge in [0.05, 0.1) is 25.0 Å². The summed E-state index contributed by atoms with van der Waals surface area (Å²) in [7, 11) is 0. The smallest absolute Gasteiger partial charge is 0.293 e. The zero-order chi connectivity index (χ0) is 13.6. The summed E-state index contributed by atoms with van der Waals surface area (Å²) < 4.78 is 11.3. The van der Waals surface area contributed by atoms with Gasteiger partial charge in [0.2, 0.25) is 0 Å². The second-order valence-electron chi connectivity index (χ2n) is 4.79. The lowest BCUT2D eigenvalue weighted by molar-refractivity contribution is -0.180. The van der Waals surface area contributed by atoms with Crippen LogP contribution in [0.4, 0.5) is 5.69 Å². The van der Waals surface area contributed by atoms with E-state index < -0.39 is 5.79 Å². The largest absolute Gasteiger partial charge is 0.336 e. The van der Waals surface area contributed by atoms with Crippen molar-refractivity contribution >= 4 is 11.6 Å². The maximum atomic E-state index is 12.6. The normalized spacial score (nSPS) is 19.8. The van der Waals surface area contributed by atoms with Crippen molar-refractivity contribution < 1.29 is 14.3 Å². The molecular formula is C14H14N2O3. The van der Waals surface area contributed by atoms with Crippen LogP contribution < -0.4 is 4.90 Å². The standard InChI is InChI=1S/C14H14N2O3/c1-9-3-4-10(2)12-11(9)14(18-7-8-19-14)13(17)16(12)6-5-15/h3-4H,6-8H2,1-2H3. The highest BCUT2D eigenvalue weighted by molar-refractivity contribution is 6.07. The number of aryl methyl sites for hydroxylation is 2. The second-order valence-corrected chi connectivity index (χ2v) is 4.79. The lowest BCUT2D eigenvalue weighted by atomic mass is 9.98. The minimum atomic E-state index is -1.33. The fourth-order valence-corrected chi connectivity index (χ4v) is 2.85. The minimum Gasteiger partial charge on any atom is -0.336 e. The van der Waals surface area contributed by atoms with Gasteiger partial charge in [-0.15, -0.1) is 0 Å². The van der Waals surface area contributed by atoms with Crippen LogP contribution in [0.1, 0.15) is 16.7 Å². The summed E-state index contributed by atoms with van der Waals surface area (Å²) in [6, 6.07) is 5.92. The van der Waals surface area contributed by atoms with E-state index in [0.717, 1.165) is 22.4 Å². The van der Waals surface area contributed by atoms with Gasteiger partial charge in [-0.05, 0) is 25.0 Å². The number of fused-ring (bicyclic) bond motifs is 2. The molecule has 0 N–H and O–H groups in total. The molecule has 2 heterocycles. The molecule has 1 aromatic carbocycles. The topological polar surface area (TPSA) is 62.6 Å². The molecule has 19 heavy (non-hydrogen) atoms. The maximum absolute atomic E-state index is 12.6. The zero-order valence-electron chi connectivity index (χ0n) is 10.9. The SMILES string of the molecule is Cc1ccc(C)c2c1N(CC#N)C(=O)C21OCCO1. The van der Waals surface area contributed by atoms with Gasteiger partial charge in [-0.25, -0.2) is 0 Å². The van der Waals surface area contributed by atoms with E-state index in [1.54, 1.807) is 0 Å². The highest BCUT2D eigenvalue weighted by atomic mass is 16.7. The first-order valence-corrected chi connectivity index (χ1v) is 6.19. The van der Waals surface area contributed by atoms with Gasteiger partial charge in [-0.1, -0.05) is 12.1 Å². The van der Waals surface area contributed by atoms with E-state index in [1.807, 2.05) is 32.0 Å². The van der Waals surface area contributed by atoms with E-state index in [9.17, 15) is 4.79 Å². The third kappa shape index (κ3) is 1.44. The Hall–Kier alpha value is -1.90. The van der Waals surface area contributed by atoms with Gasteiger partial charge in [0, 0.05) is 5.56 Å². The predicted octanol–water partition coefficient (Wildman–Crippen LogP) is 1.37. The molecule has 1 spiro atoms. The van der Waals surface area contributed by atoms with Gasteiger partial charge in [-0.3, -0.25) is 9.69 Å². The summed E-state index contributed by atoms with van der Waals surface area (Å²) in [6.45, 7) is 4.63. The molecule has 0 aliphatic carbocycles. The Bertz CT molecular complexity index is 597. The lowest BCUT2D eigenvalue weighted by Crippen LogP contribution is -2.41. The summed E-state index contributed by atoms with van der Waals surface area (Å²) in [5.41, 5.74) is 3.40. The van der Waals surface area contributed by atoms with Gasteiger partial charge >= 0.3 is 0 Å². The molecule has 0 radical (unpaired) electrons. The predicted molar refractivity (Wildman–Crippen MR) is 67.5 cm³/mol. The second kappa shape index (κ2) is 4.05. The summed E-state index contributed by atoms with van der Waals surface area (Å²) in [5.74, 6) is -1.62. The summed E-state index contributed by atoms with van der Waals surface area (Å²) in [5, 5.41) is 8.94. The summed E-state index contributed by atoms with van der Waals surface area (Å²) >= 11 is 0. The molecule has 0 bridgehead atoms. The average molecular weight is 258 g/mol. The first-order valence-electron chi connectivity index (χ1n) is 6.19. The number of nitriles is 1. The number of amides is 1. The molecule has 0 saturated carbocycles. The van der Waals surface area contributed by atoms with E-state index in [4.69, 9.17) is 14.7 Å². The fraction of sp³-hybridized carbons (Fsp3) is 0.429. The van der Waals surface area contributed by atoms with Crippen LogP contribution in [0.2, 0.25) is 0 Å². The van der Waals surface area contributed by atoms with Crippen LogP contribution in [0.5, 0.6) is 0 Å². The molecule has 1 amide bonds. The molecule has 1 aromatic rings. The number of carbonyl (C=O) groups is 1. The number of carbonyl (C=O) groups excluding carboxylic acids is 1. The van der Waals surface area contributed by atoms with E-state index >= 15 is 0 Å². The lowest BCUT2D eigenvalue weighted by Gasteiger charge is -2.21. The first-order chi connectivity index (χ1) is 9.12. The van der Waals surface area contributed by atoms with Crippen molar-refractivity contribution in [1.29, 1.82) is 5.26 Å². The molecule has 1 saturated heterocycles. The molecule has 2 aliphatic rings. The third-order valence-electron chi connectivity index (χ3n) is 3.64. The Morgan fingerprint density at radius 2 is 1.95 bits per heavy atom. The molecule has 0 unspecified atom stereocenters. The number of benzene rings is 1. The Morgan fingerprint density at radius 3 is 2.58 bits per heavy atom. The van der Waals surface area contributed by atoms with Crippen molar-refractivity contribution in [2.45, 2.75) is 19.6 Å². The Labute approximate surface area is 111 Å². The third-order valence-corrected chi connectivity index (χ3v) is 3.64. The summed E-state index contributed by atoms with van der Waals surface area (Å²) in [6.07, 6.45) is 0. The van der Waals surface area contributed by atoms with E-state index in [1.165, 1.54) is 4.90 Å². The van der Waals surface area contributed by atoms with E-state index in [-0.39, 0.29) is 12.5 Å². The van der Waals surface area contributed by atoms with Crippen molar-refractivity contribution in [2.24, 2.45) is 0 Å². The molecule has 2 aliphatic heterocycles. The quantitative estimate of drug-likeness (QED) is 0.714. The monoisotopic (exact) mass is 258 g/mol. The van der Waals surface area contributed by atoms with Crippen molar-refractivity contribution in [3.05, 3.63) is 28.8 Å². The van der Waals surface area contributed by atoms with Crippen LogP contribution in [0.15, 0.2) is 12.1 Å². The Morgan fingerprint density at radius 1 is 1.32 bits per heavy atom. The molecule has 5 heteroatoms. The maximum Gasteiger partial charge on any atom is 0.293 e. The van der Waals surface area contributed by atoms with Crippen LogP contribution in [-0.4, -0.2) is 25.7 Å². The van der Waals surface area contributed by atoms with E-state index in [0.29, 0.717) is 13.2 Å². The van der Waals surface area contributed by atoms with Crippen molar-refractivity contribution in [2.75, 3.05) is 24.7 Å². The fourth-order valence-electron chi connectivity index (χ4n) is 2.85. The van der Waals surface area contributed by atoms with Gasteiger partial charge in [-0.2, -0.15) is 5.26 Å². The van der Waals surface area contributed by atoms with Gasteiger partial charge in [0.15, 0.2) is 0 Å². The van der Waals surface area contributed by atoms with E-state index in [2.05, 4.69) is 0 Å². The van der Waals surface area contributed by atoms with Crippen LogP contribution in [0, 0.1) is 25.2 Å². The van der Waals surface area contributed by atoms with Gasteiger partial charge in [0.25, 0.3) is 11.7 Å². The van der Waals surface area contributed by atoms with Crippen molar-refractivity contribution in [3.63, 3.8) is 0 Å². The Kier molecular flexibility index (Phi) is 2.59. The number of rotatable bonds is 1. The number of anilines is 1. The minimum absolute atomic E-state index is 0.00456. The van der Waals surface area contributed by atoms with Crippen molar-refractivity contribution in [1.82, 2.24) is 0 Å². The first kappa shape index (κ1) is 12.2. The molecular weight excluding hydrogens is 244 g/mol. The summed E-state index contributed by atoms with van der Waals surface area (Å²) in [4.78, 5) is 14.1. The van der Waals surface area contributed by atoms with Crippen LogP contribution >= 0.6 is 0 Å². The molecule has 1 fully saturated rings. The van der Waals surface area contributed by atoms with Gasteiger partial charge in [0.1, 0.15) is 6.54 Å². The molecule has 3 rings (SSSR count). The van der Waals surface area contributed by atoms with Crippen LogP contribution in [0.25, 0.3) is 0 Å². The number of hydrogen-bond acceptors (Lipinski definition) is 4. The zero-order valence-corrected chi connectivity index (χ0v) is 10.9. The molecule has 0 atom stereocenters. The molecule has 5 nitrogen and oxygen atoms in total. The highest BCUT2D eigenvalue weighted by Crippen LogP contribution is 2.48. The molecule has 0 aromatic heterocycles. The van der Waals surface area contributed by atoms with Crippen LogP contribution in [-0.2, 0) is 20.1 Å². The van der Waals surface area contributed by atoms with Crippen molar-refractivity contribution in [3.8, 4) is 6.07 Å².